The van der Waals surface area contributed by atoms with Crippen molar-refractivity contribution < 1.29 is 19.3 Å². The molecule has 5 nitrogen and oxygen atoms in total. The Balaban J connectivity index is 0.00000324. The molecule has 0 saturated carbocycles. The molecule has 0 aromatic heterocycles. The lowest BCUT2D eigenvalue weighted by Crippen LogP contribution is -2.13. The van der Waals surface area contributed by atoms with Crippen LogP contribution in [0.2, 0.25) is 0 Å². The molecule has 0 bridgehead atoms. The Morgan fingerprint density at radius 2 is 1.74 bits per heavy atom. The molecule has 1 aromatic carbocycles. The molecule has 0 amide bonds. The lowest BCUT2D eigenvalue weighted by Gasteiger charge is -2.19. The summed E-state index contributed by atoms with van der Waals surface area (Å²) in [6, 6.07) is 3.46. The number of ether oxygens (including phenoxy) is 3. The molecule has 110 valence electrons. The quantitative estimate of drug-likeness (QED) is 0.803. The molecule has 0 fully saturated rings. The Hall–Kier alpha value is -1.17. The molecule has 0 unspecified atom stereocenters. The molecule has 0 aliphatic carbocycles. The summed E-state index contributed by atoms with van der Waals surface area (Å²) in [5.41, 5.74) is 6.94. The van der Waals surface area contributed by atoms with Gasteiger partial charge in [-0.25, -0.2) is 0 Å². The molecule has 6 heteroatoms. The first-order valence-electron chi connectivity index (χ1n) is 5.84. The van der Waals surface area contributed by atoms with Gasteiger partial charge in [0.2, 0.25) is 5.75 Å². The molecule has 0 aliphatic heterocycles. The zero-order chi connectivity index (χ0) is 13.5. The summed E-state index contributed by atoms with van der Waals surface area (Å²) in [7, 11) is 4.70. The molecule has 3 N–H and O–H groups in total. The van der Waals surface area contributed by atoms with Crippen molar-refractivity contribution >= 4 is 12.4 Å². The fourth-order valence-electron chi connectivity index (χ4n) is 1.88. The van der Waals surface area contributed by atoms with E-state index in [9.17, 15) is 0 Å². The average molecular weight is 292 g/mol. The van der Waals surface area contributed by atoms with Crippen LogP contribution in [-0.2, 0) is 0 Å². The first-order chi connectivity index (χ1) is 8.69. The highest BCUT2D eigenvalue weighted by molar-refractivity contribution is 5.85. The van der Waals surface area contributed by atoms with E-state index in [1.165, 1.54) is 0 Å². The van der Waals surface area contributed by atoms with Crippen molar-refractivity contribution in [3.05, 3.63) is 17.7 Å². The van der Waals surface area contributed by atoms with Gasteiger partial charge in [-0.3, -0.25) is 0 Å². The van der Waals surface area contributed by atoms with E-state index < -0.39 is 0 Å². The summed E-state index contributed by atoms with van der Waals surface area (Å²) in [6.45, 7) is 0.128. The van der Waals surface area contributed by atoms with Crippen LogP contribution in [0.3, 0.4) is 0 Å². The van der Waals surface area contributed by atoms with Gasteiger partial charge >= 0.3 is 0 Å². The number of aliphatic hydroxyl groups excluding tert-OH is 1. The smallest absolute Gasteiger partial charge is 0.203 e. The van der Waals surface area contributed by atoms with Crippen molar-refractivity contribution in [2.75, 3.05) is 27.9 Å². The van der Waals surface area contributed by atoms with Crippen molar-refractivity contribution in [1.29, 1.82) is 0 Å². The maximum Gasteiger partial charge on any atom is 0.203 e. The number of nitrogens with two attached hydrogens (primary N) is 1. The summed E-state index contributed by atoms with van der Waals surface area (Å²) in [5.74, 6) is 1.73. The van der Waals surface area contributed by atoms with E-state index in [4.69, 9.17) is 25.1 Å². The Labute approximate surface area is 120 Å². The van der Waals surface area contributed by atoms with E-state index in [0.717, 1.165) is 5.56 Å². The molecule has 1 atom stereocenters. The van der Waals surface area contributed by atoms with Crippen molar-refractivity contribution in [1.82, 2.24) is 0 Å². The third-order valence-corrected chi connectivity index (χ3v) is 2.81. The first-order valence-corrected chi connectivity index (χ1v) is 5.84. The van der Waals surface area contributed by atoms with Gasteiger partial charge in [0.1, 0.15) is 0 Å². The van der Waals surface area contributed by atoms with Crippen LogP contribution >= 0.6 is 12.4 Å². The van der Waals surface area contributed by atoms with Gasteiger partial charge in [-0.15, -0.1) is 12.4 Å². The zero-order valence-electron chi connectivity index (χ0n) is 11.5. The molecule has 1 aromatic rings. The summed E-state index contributed by atoms with van der Waals surface area (Å²) in [4.78, 5) is 0. The van der Waals surface area contributed by atoms with E-state index >= 15 is 0 Å². The Bertz CT molecular complexity index is 387. The average Bonchev–Trinajstić information content (AvgIpc) is 2.42. The topological polar surface area (TPSA) is 73.9 Å². The number of hydrogen-bond donors (Lipinski definition) is 2. The van der Waals surface area contributed by atoms with Gasteiger partial charge in [-0.1, -0.05) is 0 Å². The zero-order valence-corrected chi connectivity index (χ0v) is 12.3. The van der Waals surface area contributed by atoms with Crippen LogP contribution in [0.15, 0.2) is 12.1 Å². The molecule has 1 rings (SSSR count). The summed E-state index contributed by atoms with van der Waals surface area (Å²) in [5, 5.41) is 8.84. The minimum Gasteiger partial charge on any atom is -0.493 e. The Kier molecular flexibility index (Phi) is 8.30. The second-order valence-electron chi connectivity index (χ2n) is 3.90. The van der Waals surface area contributed by atoms with Crippen LogP contribution in [-0.4, -0.2) is 33.0 Å². The monoisotopic (exact) mass is 291 g/mol. The van der Waals surface area contributed by atoms with Crippen molar-refractivity contribution in [3.8, 4) is 17.2 Å². The Morgan fingerprint density at radius 3 is 2.21 bits per heavy atom. The lowest BCUT2D eigenvalue weighted by atomic mass is 10.0. The van der Waals surface area contributed by atoms with Crippen molar-refractivity contribution in [2.24, 2.45) is 5.73 Å². The standard InChI is InChI=1S/C13H21NO4.ClH/c1-16-11-7-6-9(10(14)5-4-8-15)12(17-2)13(11)18-3;/h6-7,10,15H,4-5,8,14H2,1-3H3;1H/t10-;/m0./s1. The van der Waals surface area contributed by atoms with E-state index in [2.05, 4.69) is 0 Å². The maximum absolute atomic E-state index is 8.84. The second-order valence-corrected chi connectivity index (χ2v) is 3.90. The van der Waals surface area contributed by atoms with E-state index in [1.807, 2.05) is 6.07 Å². The number of aliphatic hydroxyl groups is 1. The number of hydrogen-bond acceptors (Lipinski definition) is 5. The first kappa shape index (κ1) is 17.8. The molecular formula is C13H22ClNO4. The van der Waals surface area contributed by atoms with E-state index in [1.54, 1.807) is 27.4 Å². The third-order valence-electron chi connectivity index (χ3n) is 2.81. The van der Waals surface area contributed by atoms with E-state index in [-0.39, 0.29) is 25.1 Å². The van der Waals surface area contributed by atoms with Gasteiger partial charge in [0.15, 0.2) is 11.5 Å². The van der Waals surface area contributed by atoms with Crippen LogP contribution in [0.5, 0.6) is 17.2 Å². The molecule has 19 heavy (non-hydrogen) atoms. The molecule has 0 saturated heterocycles. The van der Waals surface area contributed by atoms with Gasteiger partial charge in [0.05, 0.1) is 21.3 Å². The Morgan fingerprint density at radius 1 is 1.11 bits per heavy atom. The fourth-order valence-corrected chi connectivity index (χ4v) is 1.88. The van der Waals surface area contributed by atoms with Crippen LogP contribution in [0.4, 0.5) is 0 Å². The largest absolute Gasteiger partial charge is 0.493 e. The van der Waals surface area contributed by atoms with Crippen molar-refractivity contribution in [2.45, 2.75) is 18.9 Å². The minimum atomic E-state index is -0.202. The highest BCUT2D eigenvalue weighted by Gasteiger charge is 2.19. The lowest BCUT2D eigenvalue weighted by molar-refractivity contribution is 0.278. The molecule has 0 radical (unpaired) electrons. The molecule has 0 heterocycles. The number of methoxy groups -OCH3 is 3. The molecular weight excluding hydrogens is 270 g/mol. The second kappa shape index (κ2) is 8.85. The summed E-state index contributed by atoms with van der Waals surface area (Å²) >= 11 is 0. The van der Waals surface area contributed by atoms with Gasteiger partial charge < -0.3 is 25.1 Å². The van der Waals surface area contributed by atoms with Crippen LogP contribution < -0.4 is 19.9 Å². The SMILES string of the molecule is COc1ccc([C@@H](N)CCCO)c(OC)c1OC.Cl. The molecule has 0 aliphatic rings. The van der Waals surface area contributed by atoms with Crippen molar-refractivity contribution in [3.63, 3.8) is 0 Å². The predicted octanol–water partition coefficient (Wildman–Crippen LogP) is 1.91. The highest BCUT2D eigenvalue weighted by Crippen LogP contribution is 2.42. The number of halogens is 1. The number of rotatable bonds is 7. The number of benzene rings is 1. The third kappa shape index (κ3) is 4.16. The normalized spacial score (nSPS) is 11.4. The molecule has 0 spiro atoms. The maximum atomic E-state index is 8.84. The van der Waals surface area contributed by atoms with Gasteiger partial charge in [-0.2, -0.15) is 0 Å². The van der Waals surface area contributed by atoms with Gasteiger partial charge in [0.25, 0.3) is 0 Å². The summed E-state index contributed by atoms with van der Waals surface area (Å²) < 4.78 is 15.9. The minimum absolute atomic E-state index is 0. The van der Waals surface area contributed by atoms with Crippen LogP contribution in [0, 0.1) is 0 Å². The van der Waals surface area contributed by atoms with Crippen LogP contribution in [0.1, 0.15) is 24.4 Å². The fraction of sp³-hybridized carbons (Fsp3) is 0.538. The van der Waals surface area contributed by atoms with Gasteiger partial charge in [-0.05, 0) is 25.0 Å². The van der Waals surface area contributed by atoms with Crippen LogP contribution in [0.25, 0.3) is 0 Å². The highest BCUT2D eigenvalue weighted by atomic mass is 35.5. The van der Waals surface area contributed by atoms with E-state index in [0.29, 0.717) is 30.1 Å². The predicted molar refractivity (Wildman–Crippen MR) is 76.6 cm³/mol. The summed E-state index contributed by atoms with van der Waals surface area (Å²) in [6.07, 6.45) is 1.33. The van der Waals surface area contributed by atoms with Gasteiger partial charge in [0, 0.05) is 18.2 Å².